The van der Waals surface area contributed by atoms with E-state index in [4.69, 9.17) is 0 Å². The zero-order valence-electron chi connectivity index (χ0n) is 18.4. The lowest BCUT2D eigenvalue weighted by atomic mass is 9.93. The van der Waals surface area contributed by atoms with Gasteiger partial charge in [-0.2, -0.15) is 0 Å². The maximum Gasteiger partial charge on any atom is 0.212 e. The predicted molar refractivity (Wildman–Crippen MR) is 130 cm³/mol. The third kappa shape index (κ3) is 5.04. The molecule has 4 aliphatic heterocycles. The fourth-order valence-electron chi connectivity index (χ4n) is 5.30. The van der Waals surface area contributed by atoms with Crippen LogP contribution in [0.15, 0.2) is 47.6 Å². The van der Waals surface area contributed by atoms with Gasteiger partial charge in [-0.1, -0.05) is 41.7 Å². The number of fused-ring (bicyclic) bond motifs is 2. The van der Waals surface area contributed by atoms with Gasteiger partial charge in [0.15, 0.2) is 5.78 Å². The molecule has 2 fully saturated rings. The minimum Gasteiger partial charge on any atom is -0.299 e. The number of rotatable bonds is 7. The summed E-state index contributed by atoms with van der Waals surface area (Å²) in [5.41, 5.74) is 2.67. The molecule has 4 aliphatic rings. The summed E-state index contributed by atoms with van der Waals surface area (Å²) in [5, 5.41) is 0.759. The number of carbonyl (C=O) groups excluding carboxylic acids is 3. The molecule has 4 heterocycles. The summed E-state index contributed by atoms with van der Waals surface area (Å²) in [6.45, 7) is 3.71. The van der Waals surface area contributed by atoms with E-state index in [-0.39, 0.29) is 27.1 Å². The Kier molecular flexibility index (Phi) is 6.88. The number of piperidine rings is 2. The summed E-state index contributed by atoms with van der Waals surface area (Å²) in [6, 6.07) is 5.91. The molecule has 0 aromatic heterocycles. The molecule has 0 radical (unpaired) electrons. The minimum absolute atomic E-state index is 0.0248. The molecule has 3 atom stereocenters. The van der Waals surface area contributed by atoms with Crippen molar-refractivity contribution in [2.75, 3.05) is 32.7 Å². The highest BCUT2D eigenvalue weighted by molar-refractivity contribution is 8.15. The van der Waals surface area contributed by atoms with Crippen LogP contribution in [-0.4, -0.2) is 69.0 Å². The standard InChI is InChI=1S/C25H27FN2O3S2/c26-19-5-2-1-4-18(19)25(28-11-8-22-17(15-28)13-24(31)33-22)20(29)6-3-9-27-10-7-21-16(14-27)12-23(30)32-21/h1-2,4-5,12-13,21-22,25H,3,6-11,14-15H2. The first kappa shape index (κ1) is 23.0. The van der Waals surface area contributed by atoms with Gasteiger partial charge in [0.25, 0.3) is 0 Å². The van der Waals surface area contributed by atoms with Crippen LogP contribution in [0.5, 0.6) is 0 Å². The van der Waals surface area contributed by atoms with E-state index in [1.54, 1.807) is 30.4 Å². The topological polar surface area (TPSA) is 57.7 Å². The third-order valence-corrected chi connectivity index (χ3v) is 9.24. The third-order valence-electron chi connectivity index (χ3n) is 6.90. The Hall–Kier alpha value is -1.74. The Morgan fingerprint density at radius 2 is 1.67 bits per heavy atom. The largest absolute Gasteiger partial charge is 0.299 e. The van der Waals surface area contributed by atoms with Gasteiger partial charge < -0.3 is 0 Å². The smallest absolute Gasteiger partial charge is 0.212 e. The summed E-state index contributed by atoms with van der Waals surface area (Å²) >= 11 is 2.78. The van der Waals surface area contributed by atoms with Crippen molar-refractivity contribution in [1.29, 1.82) is 0 Å². The second-order valence-electron chi connectivity index (χ2n) is 9.11. The summed E-state index contributed by atoms with van der Waals surface area (Å²) in [6.07, 6.45) is 6.30. The van der Waals surface area contributed by atoms with Gasteiger partial charge in [-0.3, -0.25) is 24.2 Å². The molecule has 5 rings (SSSR count). The van der Waals surface area contributed by atoms with Gasteiger partial charge in [-0.25, -0.2) is 4.39 Å². The average Bonchev–Trinajstić information content (AvgIpc) is 3.35. The van der Waals surface area contributed by atoms with Crippen molar-refractivity contribution in [1.82, 2.24) is 9.80 Å². The molecule has 0 N–H and O–H groups in total. The van der Waals surface area contributed by atoms with Gasteiger partial charge in [0.2, 0.25) is 10.2 Å². The number of likely N-dealkylation sites (tertiary alicyclic amines) is 2. The lowest BCUT2D eigenvalue weighted by Crippen LogP contribution is -2.42. The fraction of sp³-hybridized carbons (Fsp3) is 0.480. The van der Waals surface area contributed by atoms with Crippen LogP contribution in [0.1, 0.15) is 37.3 Å². The van der Waals surface area contributed by atoms with Gasteiger partial charge >= 0.3 is 0 Å². The van der Waals surface area contributed by atoms with E-state index in [1.807, 2.05) is 4.90 Å². The lowest BCUT2D eigenvalue weighted by Gasteiger charge is -2.37. The molecule has 8 heteroatoms. The molecule has 2 saturated heterocycles. The number of Topliss-reactive ketones (excluding diaryl/α,β-unsaturated/α-hetero) is 1. The Morgan fingerprint density at radius 3 is 2.39 bits per heavy atom. The number of thioether (sulfide) groups is 2. The quantitative estimate of drug-likeness (QED) is 0.582. The molecule has 0 spiro atoms. The Bertz CT molecular complexity index is 1040. The van der Waals surface area contributed by atoms with E-state index in [1.165, 1.54) is 35.2 Å². The molecule has 5 nitrogen and oxygen atoms in total. The second kappa shape index (κ2) is 9.86. The van der Waals surface area contributed by atoms with Gasteiger partial charge in [-0.15, -0.1) is 0 Å². The Morgan fingerprint density at radius 1 is 1.00 bits per heavy atom. The fourth-order valence-corrected chi connectivity index (χ4v) is 7.34. The highest BCUT2D eigenvalue weighted by Gasteiger charge is 2.37. The summed E-state index contributed by atoms with van der Waals surface area (Å²) in [5.74, 6) is -0.335. The van der Waals surface area contributed by atoms with Crippen LogP contribution in [0, 0.1) is 5.82 Å². The van der Waals surface area contributed by atoms with Gasteiger partial charge in [-0.05, 0) is 61.7 Å². The molecular weight excluding hydrogens is 459 g/mol. The molecule has 1 aromatic carbocycles. The van der Waals surface area contributed by atoms with Crippen LogP contribution in [-0.2, 0) is 14.4 Å². The van der Waals surface area contributed by atoms with E-state index < -0.39 is 6.04 Å². The van der Waals surface area contributed by atoms with Crippen LogP contribution in [0.4, 0.5) is 4.39 Å². The van der Waals surface area contributed by atoms with E-state index >= 15 is 0 Å². The van der Waals surface area contributed by atoms with Crippen molar-refractivity contribution in [2.45, 2.75) is 42.2 Å². The highest BCUT2D eigenvalue weighted by Crippen LogP contribution is 2.38. The summed E-state index contributed by atoms with van der Waals surface area (Å²) < 4.78 is 14.8. The second-order valence-corrected chi connectivity index (χ2v) is 11.5. The number of hydrogen-bond acceptors (Lipinski definition) is 7. The first-order valence-corrected chi connectivity index (χ1v) is 13.3. The Balaban J connectivity index is 1.25. The van der Waals surface area contributed by atoms with Crippen molar-refractivity contribution in [2.24, 2.45) is 0 Å². The number of nitrogens with zero attached hydrogens (tertiary/aromatic N) is 2. The van der Waals surface area contributed by atoms with E-state index in [0.717, 1.165) is 38.0 Å². The highest BCUT2D eigenvalue weighted by atomic mass is 32.2. The zero-order valence-corrected chi connectivity index (χ0v) is 20.0. The minimum atomic E-state index is -0.633. The van der Waals surface area contributed by atoms with Crippen molar-refractivity contribution in [3.63, 3.8) is 0 Å². The molecule has 0 saturated carbocycles. The average molecular weight is 487 g/mol. The SMILES string of the molecule is O=C1C=C2CN(CCCC(=O)C(c3ccccc3F)N3CCC4SC(=O)C=C4C3)CCC2S1. The van der Waals surface area contributed by atoms with Gasteiger partial charge in [0, 0.05) is 42.1 Å². The normalized spacial score (nSPS) is 26.6. The van der Waals surface area contributed by atoms with Crippen LogP contribution >= 0.6 is 23.5 Å². The number of halogens is 1. The molecule has 33 heavy (non-hydrogen) atoms. The number of hydrogen-bond donors (Lipinski definition) is 0. The summed E-state index contributed by atoms with van der Waals surface area (Å²) in [7, 11) is 0. The van der Waals surface area contributed by atoms with Crippen molar-refractivity contribution in [3.05, 3.63) is 58.9 Å². The van der Waals surface area contributed by atoms with Crippen LogP contribution < -0.4 is 0 Å². The lowest BCUT2D eigenvalue weighted by molar-refractivity contribution is -0.125. The zero-order chi connectivity index (χ0) is 22.9. The van der Waals surface area contributed by atoms with Crippen LogP contribution in [0.25, 0.3) is 0 Å². The molecule has 0 amide bonds. The number of benzene rings is 1. The molecule has 0 aliphatic carbocycles. The van der Waals surface area contributed by atoms with E-state index in [9.17, 15) is 18.8 Å². The maximum atomic E-state index is 14.8. The molecule has 1 aromatic rings. The molecule has 0 bridgehead atoms. The van der Waals surface area contributed by atoms with Crippen molar-refractivity contribution >= 4 is 39.5 Å². The number of ketones is 1. The molecule has 3 unspecified atom stereocenters. The van der Waals surface area contributed by atoms with Crippen LogP contribution in [0.3, 0.4) is 0 Å². The van der Waals surface area contributed by atoms with Crippen LogP contribution in [0.2, 0.25) is 0 Å². The maximum absolute atomic E-state index is 14.8. The first-order valence-electron chi connectivity index (χ1n) is 11.5. The van der Waals surface area contributed by atoms with Crippen molar-refractivity contribution in [3.8, 4) is 0 Å². The van der Waals surface area contributed by atoms with E-state index in [2.05, 4.69) is 4.90 Å². The van der Waals surface area contributed by atoms with Crippen molar-refractivity contribution < 1.29 is 18.8 Å². The number of carbonyl (C=O) groups is 3. The van der Waals surface area contributed by atoms with Gasteiger partial charge in [0.05, 0.1) is 6.04 Å². The summed E-state index contributed by atoms with van der Waals surface area (Å²) in [4.78, 5) is 41.3. The monoisotopic (exact) mass is 486 g/mol. The predicted octanol–water partition coefficient (Wildman–Crippen LogP) is 3.76. The Labute approximate surface area is 201 Å². The van der Waals surface area contributed by atoms with Gasteiger partial charge in [0.1, 0.15) is 5.82 Å². The van der Waals surface area contributed by atoms with E-state index in [0.29, 0.717) is 36.7 Å². The molecule has 174 valence electrons. The molecular formula is C25H27FN2O3S2. The first-order chi connectivity index (χ1) is 16.0.